The predicted octanol–water partition coefficient (Wildman–Crippen LogP) is 2.37. The first-order valence-corrected chi connectivity index (χ1v) is 9.12. The first-order chi connectivity index (χ1) is 13.6. The molecule has 1 N–H and O–H groups in total. The second-order valence-corrected chi connectivity index (χ2v) is 6.15. The monoisotopic (exact) mass is 381 g/mol. The SMILES string of the molecule is CCOc1ccc(C(=O)NCc2nn(CCOC)c(=O)c3ccccc23)cc1. The Bertz CT molecular complexity index is 1010. The molecule has 3 rings (SSSR count). The molecular weight excluding hydrogens is 358 g/mol. The molecule has 1 aromatic heterocycles. The summed E-state index contributed by atoms with van der Waals surface area (Å²) in [7, 11) is 1.57. The highest BCUT2D eigenvalue weighted by atomic mass is 16.5. The van der Waals surface area contributed by atoms with Crippen molar-refractivity contribution in [2.45, 2.75) is 20.0 Å². The number of ether oxygens (including phenoxy) is 2. The van der Waals surface area contributed by atoms with Crippen LogP contribution in [0.4, 0.5) is 0 Å². The molecule has 0 atom stereocenters. The summed E-state index contributed by atoms with van der Waals surface area (Å²) < 4.78 is 11.8. The first kappa shape index (κ1) is 19.6. The van der Waals surface area contributed by atoms with E-state index in [1.807, 2.05) is 25.1 Å². The van der Waals surface area contributed by atoms with E-state index in [2.05, 4.69) is 10.4 Å². The highest BCUT2D eigenvalue weighted by Crippen LogP contribution is 2.14. The van der Waals surface area contributed by atoms with Gasteiger partial charge in [0.2, 0.25) is 0 Å². The number of nitrogens with one attached hydrogen (secondary N) is 1. The molecule has 0 fully saturated rings. The quantitative estimate of drug-likeness (QED) is 0.648. The number of hydrogen-bond acceptors (Lipinski definition) is 5. The fraction of sp³-hybridized carbons (Fsp3) is 0.286. The third-order valence-electron chi connectivity index (χ3n) is 4.30. The topological polar surface area (TPSA) is 82.4 Å². The zero-order valence-electron chi connectivity index (χ0n) is 16.0. The molecule has 28 heavy (non-hydrogen) atoms. The van der Waals surface area contributed by atoms with Crippen molar-refractivity contribution in [1.29, 1.82) is 0 Å². The summed E-state index contributed by atoms with van der Waals surface area (Å²) in [4.78, 5) is 25.1. The minimum absolute atomic E-state index is 0.172. The minimum atomic E-state index is -0.219. The number of carbonyl (C=O) groups excluding carboxylic acids is 1. The molecular formula is C21H23N3O4. The van der Waals surface area contributed by atoms with Crippen LogP contribution in [0.15, 0.2) is 53.3 Å². The maximum absolute atomic E-state index is 12.6. The van der Waals surface area contributed by atoms with Crippen molar-refractivity contribution in [2.24, 2.45) is 0 Å². The summed E-state index contributed by atoms with van der Waals surface area (Å²) in [5.74, 6) is 0.500. The highest BCUT2D eigenvalue weighted by Gasteiger charge is 2.12. The molecule has 1 amide bonds. The number of carbonyl (C=O) groups is 1. The van der Waals surface area contributed by atoms with Crippen molar-refractivity contribution in [1.82, 2.24) is 15.1 Å². The third kappa shape index (κ3) is 4.37. The summed E-state index contributed by atoms with van der Waals surface area (Å²) in [5, 5.41) is 8.60. The van der Waals surface area contributed by atoms with Gasteiger partial charge in [0.15, 0.2) is 0 Å². The van der Waals surface area contributed by atoms with Crippen LogP contribution in [-0.2, 0) is 17.8 Å². The average Bonchev–Trinajstić information content (AvgIpc) is 2.73. The molecule has 0 spiro atoms. The number of benzene rings is 2. The van der Waals surface area contributed by atoms with Gasteiger partial charge in [-0.15, -0.1) is 0 Å². The molecule has 3 aromatic rings. The Balaban J connectivity index is 1.82. The molecule has 0 saturated carbocycles. The molecule has 146 valence electrons. The van der Waals surface area contributed by atoms with Crippen LogP contribution in [0.2, 0.25) is 0 Å². The third-order valence-corrected chi connectivity index (χ3v) is 4.30. The number of rotatable bonds is 8. The van der Waals surface area contributed by atoms with Gasteiger partial charge in [-0.1, -0.05) is 18.2 Å². The van der Waals surface area contributed by atoms with E-state index >= 15 is 0 Å². The van der Waals surface area contributed by atoms with Gasteiger partial charge in [0, 0.05) is 18.1 Å². The van der Waals surface area contributed by atoms with Gasteiger partial charge >= 0.3 is 0 Å². The van der Waals surface area contributed by atoms with E-state index in [9.17, 15) is 9.59 Å². The van der Waals surface area contributed by atoms with Crippen LogP contribution in [0.1, 0.15) is 23.0 Å². The van der Waals surface area contributed by atoms with E-state index in [4.69, 9.17) is 9.47 Å². The van der Waals surface area contributed by atoms with Crippen molar-refractivity contribution in [3.63, 3.8) is 0 Å². The molecule has 0 radical (unpaired) electrons. The van der Waals surface area contributed by atoms with E-state index in [1.54, 1.807) is 37.4 Å². The van der Waals surface area contributed by atoms with Crippen LogP contribution >= 0.6 is 0 Å². The fourth-order valence-corrected chi connectivity index (χ4v) is 2.90. The Labute approximate surface area is 162 Å². The van der Waals surface area contributed by atoms with Gasteiger partial charge in [-0.05, 0) is 37.3 Å². The molecule has 1 heterocycles. The van der Waals surface area contributed by atoms with Crippen molar-refractivity contribution >= 4 is 16.7 Å². The molecule has 0 aliphatic heterocycles. The number of aromatic nitrogens is 2. The van der Waals surface area contributed by atoms with Gasteiger partial charge in [0.05, 0.1) is 37.4 Å². The standard InChI is InChI=1S/C21H23N3O4/c1-3-28-16-10-8-15(9-11-16)20(25)22-14-19-17-6-4-5-7-18(17)21(26)24(23-19)12-13-27-2/h4-11H,3,12-14H2,1-2H3,(H,22,25). The normalized spacial score (nSPS) is 10.8. The van der Waals surface area contributed by atoms with Gasteiger partial charge in [-0.2, -0.15) is 5.10 Å². The second-order valence-electron chi connectivity index (χ2n) is 6.15. The lowest BCUT2D eigenvalue weighted by Crippen LogP contribution is -2.29. The summed E-state index contributed by atoms with van der Waals surface area (Å²) >= 11 is 0. The summed E-state index contributed by atoms with van der Waals surface area (Å²) in [6.45, 7) is 3.41. The van der Waals surface area contributed by atoms with Crippen LogP contribution in [0, 0.1) is 0 Å². The van der Waals surface area contributed by atoms with Crippen LogP contribution < -0.4 is 15.6 Å². The Kier molecular flexibility index (Phi) is 6.39. The number of amides is 1. The van der Waals surface area contributed by atoms with Crippen LogP contribution in [0.5, 0.6) is 5.75 Å². The van der Waals surface area contributed by atoms with Gasteiger partial charge < -0.3 is 14.8 Å². The Morgan fingerprint density at radius 2 is 1.82 bits per heavy atom. The van der Waals surface area contributed by atoms with Crippen molar-refractivity contribution < 1.29 is 14.3 Å². The second kappa shape index (κ2) is 9.14. The van der Waals surface area contributed by atoms with Crippen molar-refractivity contribution in [3.8, 4) is 5.75 Å². The van der Waals surface area contributed by atoms with Gasteiger partial charge in [0.1, 0.15) is 5.75 Å². The Morgan fingerprint density at radius 1 is 1.11 bits per heavy atom. The lowest BCUT2D eigenvalue weighted by atomic mass is 10.1. The Hall–Kier alpha value is -3.19. The van der Waals surface area contributed by atoms with E-state index in [0.29, 0.717) is 36.4 Å². The number of methoxy groups -OCH3 is 1. The number of hydrogen-bond donors (Lipinski definition) is 1. The maximum Gasteiger partial charge on any atom is 0.274 e. The largest absolute Gasteiger partial charge is 0.494 e. The number of nitrogens with zero attached hydrogens (tertiary/aromatic N) is 2. The lowest BCUT2D eigenvalue weighted by Gasteiger charge is -2.12. The van der Waals surface area contributed by atoms with E-state index in [-0.39, 0.29) is 18.0 Å². The molecule has 0 unspecified atom stereocenters. The van der Waals surface area contributed by atoms with Crippen molar-refractivity contribution in [2.75, 3.05) is 20.3 Å². The summed E-state index contributed by atoms with van der Waals surface area (Å²) in [5.41, 5.74) is 0.986. The van der Waals surface area contributed by atoms with Crippen molar-refractivity contribution in [3.05, 3.63) is 70.1 Å². The minimum Gasteiger partial charge on any atom is -0.494 e. The first-order valence-electron chi connectivity index (χ1n) is 9.12. The summed E-state index contributed by atoms with van der Waals surface area (Å²) in [6, 6.07) is 14.2. The fourth-order valence-electron chi connectivity index (χ4n) is 2.90. The predicted molar refractivity (Wildman–Crippen MR) is 107 cm³/mol. The zero-order valence-corrected chi connectivity index (χ0v) is 16.0. The van der Waals surface area contributed by atoms with E-state index in [1.165, 1.54) is 4.68 Å². The molecule has 7 nitrogen and oxygen atoms in total. The van der Waals surface area contributed by atoms with Gasteiger partial charge in [-0.3, -0.25) is 9.59 Å². The summed E-state index contributed by atoms with van der Waals surface area (Å²) in [6.07, 6.45) is 0. The molecule has 7 heteroatoms. The molecule has 0 aliphatic carbocycles. The van der Waals surface area contributed by atoms with E-state index in [0.717, 1.165) is 11.1 Å². The van der Waals surface area contributed by atoms with Gasteiger partial charge in [-0.25, -0.2) is 4.68 Å². The van der Waals surface area contributed by atoms with Gasteiger partial charge in [0.25, 0.3) is 11.5 Å². The number of fused-ring (bicyclic) bond motifs is 1. The molecule has 2 aromatic carbocycles. The molecule has 0 saturated heterocycles. The maximum atomic E-state index is 12.6. The molecule has 0 bridgehead atoms. The zero-order chi connectivity index (χ0) is 19.9. The molecule has 0 aliphatic rings. The lowest BCUT2D eigenvalue weighted by molar-refractivity contribution is 0.0950. The van der Waals surface area contributed by atoms with E-state index < -0.39 is 0 Å². The smallest absolute Gasteiger partial charge is 0.274 e. The highest BCUT2D eigenvalue weighted by molar-refractivity contribution is 5.94. The average molecular weight is 381 g/mol. The van der Waals surface area contributed by atoms with Crippen LogP contribution in [0.3, 0.4) is 0 Å². The van der Waals surface area contributed by atoms with Crippen LogP contribution in [-0.4, -0.2) is 36.0 Å². The Morgan fingerprint density at radius 3 is 2.50 bits per heavy atom. The van der Waals surface area contributed by atoms with Crippen LogP contribution in [0.25, 0.3) is 10.8 Å².